The van der Waals surface area contributed by atoms with E-state index in [2.05, 4.69) is 10.6 Å². The molecule has 0 saturated carbocycles. The van der Waals surface area contributed by atoms with Crippen molar-refractivity contribution in [3.05, 3.63) is 149 Å². The number of nitrogens with one attached hydrogen (secondary N) is 2. The fraction of sp³-hybridized carbons (Fsp3) is 0.119. The summed E-state index contributed by atoms with van der Waals surface area (Å²) in [6.07, 6.45) is -0.193. The number of fused-ring (bicyclic) bond motifs is 1. The number of carboxylic acid groups (broad SMARTS) is 1. The summed E-state index contributed by atoms with van der Waals surface area (Å²) in [6.45, 7) is 5.75. The van der Waals surface area contributed by atoms with Crippen molar-refractivity contribution in [2.45, 2.75) is 33.5 Å². The molecular weight excluding hydrogens is 658 g/mol. The van der Waals surface area contributed by atoms with E-state index in [4.69, 9.17) is 19.9 Å². The minimum absolute atomic E-state index is 0.0486. The van der Waals surface area contributed by atoms with Crippen LogP contribution < -0.4 is 30.6 Å². The van der Waals surface area contributed by atoms with Gasteiger partial charge < -0.3 is 35.7 Å². The zero-order valence-corrected chi connectivity index (χ0v) is 28.8. The number of carbonyl (C=O) groups excluding carboxylic acids is 2. The molecule has 6 aromatic carbocycles. The molecule has 5 N–H and O–H groups in total. The Labute approximate surface area is 300 Å². The Morgan fingerprint density at radius 3 is 2.00 bits per heavy atom. The zero-order chi connectivity index (χ0) is 36.8. The number of aromatic carboxylic acids is 1. The Bertz CT molecular complexity index is 2290. The van der Waals surface area contributed by atoms with E-state index in [0.29, 0.717) is 28.6 Å². The Balaban J connectivity index is 1.34. The van der Waals surface area contributed by atoms with Gasteiger partial charge in [-0.15, -0.1) is 0 Å². The van der Waals surface area contributed by atoms with Crippen LogP contribution in [0.5, 0.6) is 23.0 Å². The van der Waals surface area contributed by atoms with Crippen LogP contribution in [-0.2, 0) is 6.61 Å². The highest BCUT2D eigenvalue weighted by atomic mass is 16.5. The first-order valence-corrected chi connectivity index (χ1v) is 16.6. The number of aryl methyl sites for hydroxylation is 1. The number of nitrogens with two attached hydrogens (primary N) is 1. The topological polar surface area (TPSA) is 149 Å². The summed E-state index contributed by atoms with van der Waals surface area (Å²) in [5.41, 5.74) is 9.18. The standard InChI is InChI=1S/C42H37N3O7/c1-25(2)51-37-21-29(43)15-18-33(37)40(46)45-31-16-19-34(38(23-31)52-39-26(3)13-14-28-11-7-8-12-32(28)39)41(47)44-30-17-20-35(42(48)49)36(22-30)50-24-27-9-5-4-6-10-27/h4-23,25H,24,43H2,1-3H3,(H,44,47)(H,45,46)(H,48,49). The zero-order valence-electron chi connectivity index (χ0n) is 28.8. The van der Waals surface area contributed by atoms with Crippen molar-refractivity contribution in [3.8, 4) is 23.0 Å². The SMILES string of the molecule is Cc1ccc2ccccc2c1Oc1cc(NC(=O)c2ccc(N)cc2OC(C)C)ccc1C(=O)Nc1ccc(C(=O)O)c(OCc2ccccc2)c1. The van der Waals surface area contributed by atoms with Crippen LogP contribution in [0.25, 0.3) is 10.8 Å². The van der Waals surface area contributed by atoms with Crippen molar-refractivity contribution in [3.63, 3.8) is 0 Å². The third kappa shape index (κ3) is 8.14. The van der Waals surface area contributed by atoms with Crippen molar-refractivity contribution in [1.82, 2.24) is 0 Å². The highest BCUT2D eigenvalue weighted by molar-refractivity contribution is 6.09. The molecule has 6 rings (SSSR count). The molecule has 0 heterocycles. The first kappa shape index (κ1) is 35.0. The average Bonchev–Trinajstić information content (AvgIpc) is 3.12. The molecular formula is C42H37N3O7. The molecule has 6 aromatic rings. The van der Waals surface area contributed by atoms with Crippen molar-refractivity contribution in [2.24, 2.45) is 0 Å². The summed E-state index contributed by atoms with van der Waals surface area (Å²) in [5, 5.41) is 17.3. The Hall–Kier alpha value is -6.81. The van der Waals surface area contributed by atoms with Crippen LogP contribution in [0.3, 0.4) is 0 Å². The van der Waals surface area contributed by atoms with Crippen LogP contribution in [0.15, 0.2) is 121 Å². The molecule has 10 nitrogen and oxygen atoms in total. The maximum Gasteiger partial charge on any atom is 0.339 e. The number of nitrogen functional groups attached to an aromatic ring is 1. The number of hydrogen-bond acceptors (Lipinski definition) is 7. The molecule has 0 fully saturated rings. The molecule has 0 aliphatic rings. The third-order valence-electron chi connectivity index (χ3n) is 8.09. The maximum atomic E-state index is 14.0. The number of carbonyl (C=O) groups is 3. The molecule has 0 radical (unpaired) electrons. The molecule has 0 aromatic heterocycles. The molecule has 0 atom stereocenters. The van der Waals surface area contributed by atoms with Gasteiger partial charge >= 0.3 is 5.97 Å². The van der Waals surface area contributed by atoms with Crippen molar-refractivity contribution < 1.29 is 33.7 Å². The van der Waals surface area contributed by atoms with Gasteiger partial charge in [-0.3, -0.25) is 9.59 Å². The number of anilines is 3. The molecule has 0 spiro atoms. The molecule has 0 unspecified atom stereocenters. The van der Waals surface area contributed by atoms with E-state index in [9.17, 15) is 19.5 Å². The fourth-order valence-electron chi connectivity index (χ4n) is 5.58. The molecule has 0 aliphatic heterocycles. The predicted molar refractivity (Wildman–Crippen MR) is 202 cm³/mol. The van der Waals surface area contributed by atoms with E-state index in [-0.39, 0.29) is 40.9 Å². The molecule has 10 heteroatoms. The summed E-state index contributed by atoms with van der Waals surface area (Å²) in [5.74, 6) is -0.985. The Morgan fingerprint density at radius 2 is 1.31 bits per heavy atom. The van der Waals surface area contributed by atoms with E-state index in [1.54, 1.807) is 36.4 Å². The lowest BCUT2D eigenvalue weighted by molar-refractivity contribution is 0.0691. The van der Waals surface area contributed by atoms with Gasteiger partial charge in [0.25, 0.3) is 11.8 Å². The summed E-state index contributed by atoms with van der Waals surface area (Å²) in [6, 6.07) is 34.9. The van der Waals surface area contributed by atoms with Crippen LogP contribution in [0, 0.1) is 6.92 Å². The van der Waals surface area contributed by atoms with Gasteiger partial charge in [-0.1, -0.05) is 66.7 Å². The number of ether oxygens (including phenoxy) is 3. The fourth-order valence-corrected chi connectivity index (χ4v) is 5.58. The van der Waals surface area contributed by atoms with Crippen LogP contribution in [0.2, 0.25) is 0 Å². The number of carboxylic acids is 1. The third-order valence-corrected chi connectivity index (χ3v) is 8.09. The minimum Gasteiger partial charge on any atom is -0.490 e. The lowest BCUT2D eigenvalue weighted by Crippen LogP contribution is -2.17. The van der Waals surface area contributed by atoms with E-state index < -0.39 is 17.8 Å². The monoisotopic (exact) mass is 695 g/mol. The second-order valence-electron chi connectivity index (χ2n) is 12.4. The van der Waals surface area contributed by atoms with Gasteiger partial charge in [-0.2, -0.15) is 0 Å². The lowest BCUT2D eigenvalue weighted by atomic mass is 10.1. The van der Waals surface area contributed by atoms with E-state index in [1.165, 1.54) is 18.2 Å². The maximum absolute atomic E-state index is 14.0. The Morgan fingerprint density at radius 1 is 0.692 bits per heavy atom. The van der Waals surface area contributed by atoms with Crippen molar-refractivity contribution in [1.29, 1.82) is 0 Å². The van der Waals surface area contributed by atoms with Gasteiger partial charge in [0.15, 0.2) is 0 Å². The number of benzene rings is 6. The summed E-state index contributed by atoms with van der Waals surface area (Å²) >= 11 is 0. The van der Waals surface area contributed by atoms with Crippen LogP contribution in [0.4, 0.5) is 17.1 Å². The van der Waals surface area contributed by atoms with Crippen LogP contribution >= 0.6 is 0 Å². The molecule has 52 heavy (non-hydrogen) atoms. The van der Waals surface area contributed by atoms with E-state index in [1.807, 2.05) is 87.5 Å². The second-order valence-corrected chi connectivity index (χ2v) is 12.4. The molecule has 0 aliphatic carbocycles. The van der Waals surface area contributed by atoms with Gasteiger partial charge in [-0.25, -0.2) is 4.79 Å². The van der Waals surface area contributed by atoms with Crippen LogP contribution in [0.1, 0.15) is 56.0 Å². The molecule has 262 valence electrons. The van der Waals surface area contributed by atoms with Crippen molar-refractivity contribution in [2.75, 3.05) is 16.4 Å². The van der Waals surface area contributed by atoms with Gasteiger partial charge in [0, 0.05) is 40.6 Å². The summed E-state index contributed by atoms with van der Waals surface area (Å²) < 4.78 is 18.3. The largest absolute Gasteiger partial charge is 0.490 e. The van der Waals surface area contributed by atoms with Crippen molar-refractivity contribution >= 4 is 45.6 Å². The van der Waals surface area contributed by atoms with Gasteiger partial charge in [0.1, 0.15) is 35.2 Å². The normalized spacial score (nSPS) is 10.8. The summed E-state index contributed by atoms with van der Waals surface area (Å²) in [4.78, 5) is 39.5. The van der Waals surface area contributed by atoms with E-state index >= 15 is 0 Å². The minimum atomic E-state index is -1.17. The highest BCUT2D eigenvalue weighted by Crippen LogP contribution is 2.37. The van der Waals surface area contributed by atoms with Gasteiger partial charge in [0.05, 0.1) is 17.2 Å². The quantitative estimate of drug-likeness (QED) is 0.0927. The average molecular weight is 696 g/mol. The molecule has 0 bridgehead atoms. The highest BCUT2D eigenvalue weighted by Gasteiger charge is 2.21. The number of amides is 2. The number of hydrogen-bond donors (Lipinski definition) is 4. The second kappa shape index (κ2) is 15.4. The molecule has 2 amide bonds. The first-order valence-electron chi connectivity index (χ1n) is 16.6. The van der Waals surface area contributed by atoms with Gasteiger partial charge in [-0.05, 0) is 73.7 Å². The number of rotatable bonds is 12. The van der Waals surface area contributed by atoms with Gasteiger partial charge in [0.2, 0.25) is 0 Å². The molecule has 0 saturated heterocycles. The van der Waals surface area contributed by atoms with Crippen LogP contribution in [-0.4, -0.2) is 29.0 Å². The van der Waals surface area contributed by atoms with E-state index in [0.717, 1.165) is 21.9 Å². The smallest absolute Gasteiger partial charge is 0.339 e. The Kier molecular flexibility index (Phi) is 10.4. The predicted octanol–water partition coefficient (Wildman–Crippen LogP) is 9.09. The first-order chi connectivity index (χ1) is 25.0. The lowest BCUT2D eigenvalue weighted by Gasteiger charge is -2.18. The summed E-state index contributed by atoms with van der Waals surface area (Å²) in [7, 11) is 0.